The molecule has 0 aliphatic heterocycles. The molecule has 2 heterocycles. The summed E-state index contributed by atoms with van der Waals surface area (Å²) in [4.78, 5) is 8.01. The number of nitrogens with zero attached hydrogens (tertiary/aromatic N) is 3. The molecule has 4 aromatic rings. The summed E-state index contributed by atoms with van der Waals surface area (Å²) in [5.74, 6) is -0.0218. The second-order valence-electron chi connectivity index (χ2n) is 6.25. The van der Waals surface area contributed by atoms with Crippen LogP contribution < -0.4 is 5.14 Å². The molecule has 0 radical (unpaired) electrons. The number of primary sulfonamides is 1. The molecular weight excluding hydrogens is 405 g/mol. The third-order valence-corrected chi connectivity index (χ3v) is 5.20. The van der Waals surface area contributed by atoms with E-state index in [9.17, 15) is 21.6 Å². The van der Waals surface area contributed by atoms with Gasteiger partial charge in [-0.1, -0.05) is 24.3 Å². The number of pyridine rings is 1. The Bertz CT molecular complexity index is 1310. The molecule has 6 nitrogen and oxygen atoms in total. The lowest BCUT2D eigenvalue weighted by Gasteiger charge is -2.09. The monoisotopic (exact) mass is 418 g/mol. The number of hydrogen-bond donors (Lipinski definition) is 1. The van der Waals surface area contributed by atoms with Gasteiger partial charge in [0.1, 0.15) is 5.69 Å². The van der Waals surface area contributed by atoms with Gasteiger partial charge in [0.2, 0.25) is 10.0 Å². The predicted molar refractivity (Wildman–Crippen MR) is 101 cm³/mol. The highest BCUT2D eigenvalue weighted by Crippen LogP contribution is 2.32. The average molecular weight is 418 g/mol. The Labute approximate surface area is 163 Å². The van der Waals surface area contributed by atoms with E-state index < -0.39 is 21.9 Å². The first-order valence-corrected chi connectivity index (χ1v) is 9.83. The first-order chi connectivity index (χ1) is 13.6. The summed E-state index contributed by atoms with van der Waals surface area (Å²) in [7, 11) is -3.92. The van der Waals surface area contributed by atoms with E-state index in [1.165, 1.54) is 28.8 Å². The number of hydrogen-bond acceptors (Lipinski definition) is 4. The molecule has 2 aromatic heterocycles. The number of rotatable bonds is 3. The van der Waals surface area contributed by atoms with Crippen molar-refractivity contribution in [1.29, 1.82) is 0 Å². The van der Waals surface area contributed by atoms with Crippen LogP contribution in [0.4, 0.5) is 13.2 Å². The Balaban J connectivity index is 1.90. The van der Waals surface area contributed by atoms with Gasteiger partial charge >= 0.3 is 6.18 Å². The van der Waals surface area contributed by atoms with Crippen LogP contribution in [0.25, 0.3) is 28.1 Å². The summed E-state index contributed by atoms with van der Waals surface area (Å²) < 4.78 is 64.0. The van der Waals surface area contributed by atoms with E-state index in [1.54, 1.807) is 24.3 Å². The van der Waals surface area contributed by atoms with E-state index in [0.717, 1.165) is 11.6 Å². The maximum atomic E-state index is 13.3. The number of nitrogens with two attached hydrogens (primary N) is 1. The Morgan fingerprint density at radius 2 is 1.59 bits per heavy atom. The number of halogens is 3. The van der Waals surface area contributed by atoms with Crippen LogP contribution >= 0.6 is 0 Å². The quantitative estimate of drug-likeness (QED) is 0.549. The van der Waals surface area contributed by atoms with Gasteiger partial charge in [0, 0.05) is 17.3 Å². The van der Waals surface area contributed by atoms with Gasteiger partial charge in [-0.3, -0.25) is 4.57 Å². The minimum atomic E-state index is -4.66. The van der Waals surface area contributed by atoms with Crippen LogP contribution in [-0.2, 0) is 16.2 Å². The van der Waals surface area contributed by atoms with Crippen LogP contribution in [-0.4, -0.2) is 23.0 Å². The van der Waals surface area contributed by atoms with E-state index in [0.29, 0.717) is 5.52 Å². The summed E-state index contributed by atoms with van der Waals surface area (Å²) in [5, 5.41) is 5.91. The number of benzene rings is 2. The normalized spacial score (nSPS) is 12.4. The molecule has 0 amide bonds. The maximum Gasteiger partial charge on any atom is 0.434 e. The average Bonchev–Trinajstić information content (AvgIpc) is 3.13. The van der Waals surface area contributed by atoms with Gasteiger partial charge < -0.3 is 0 Å². The maximum absolute atomic E-state index is 13.3. The zero-order chi connectivity index (χ0) is 20.8. The van der Waals surface area contributed by atoms with Crippen molar-refractivity contribution in [3.05, 3.63) is 72.6 Å². The Kier molecular flexibility index (Phi) is 4.39. The van der Waals surface area contributed by atoms with Crippen LogP contribution in [0.1, 0.15) is 5.69 Å². The fourth-order valence-electron chi connectivity index (χ4n) is 2.88. The molecule has 29 heavy (non-hydrogen) atoms. The van der Waals surface area contributed by atoms with Crippen molar-refractivity contribution >= 4 is 20.9 Å². The van der Waals surface area contributed by atoms with E-state index in [4.69, 9.17) is 5.14 Å². The fourth-order valence-corrected chi connectivity index (χ4v) is 3.40. The number of sulfonamides is 1. The zero-order valence-electron chi connectivity index (χ0n) is 14.6. The minimum absolute atomic E-state index is 0.0218. The topological polar surface area (TPSA) is 90.9 Å². The molecule has 0 bridgehead atoms. The van der Waals surface area contributed by atoms with Crippen molar-refractivity contribution in [2.45, 2.75) is 11.1 Å². The molecular formula is C19H13F3N4O2S. The highest BCUT2D eigenvalue weighted by Gasteiger charge is 2.35. The second kappa shape index (κ2) is 6.68. The fraction of sp³-hybridized carbons (Fsp3) is 0.0526. The van der Waals surface area contributed by atoms with Crippen molar-refractivity contribution in [3.63, 3.8) is 0 Å². The number of fused-ring (bicyclic) bond motifs is 1. The first-order valence-electron chi connectivity index (χ1n) is 8.29. The molecule has 0 aliphatic carbocycles. The van der Waals surface area contributed by atoms with Gasteiger partial charge in [-0.2, -0.15) is 13.2 Å². The molecule has 0 saturated carbocycles. The molecule has 2 N–H and O–H groups in total. The van der Waals surface area contributed by atoms with E-state index in [2.05, 4.69) is 9.97 Å². The first kappa shape index (κ1) is 19.1. The largest absolute Gasteiger partial charge is 0.434 e. The lowest BCUT2D eigenvalue weighted by Crippen LogP contribution is -2.12. The molecule has 4 rings (SSSR count). The third kappa shape index (κ3) is 3.71. The summed E-state index contributed by atoms with van der Waals surface area (Å²) in [6, 6.07) is 15.7. The van der Waals surface area contributed by atoms with Gasteiger partial charge in [0.05, 0.1) is 10.4 Å². The number of imidazole rings is 1. The Hall–Kier alpha value is -3.24. The predicted octanol–water partition coefficient (Wildman–Crippen LogP) is 3.75. The van der Waals surface area contributed by atoms with Gasteiger partial charge in [-0.15, -0.1) is 0 Å². The summed E-state index contributed by atoms with van der Waals surface area (Å²) in [6.45, 7) is 0. The van der Waals surface area contributed by atoms with Crippen LogP contribution in [0.5, 0.6) is 0 Å². The molecule has 0 aliphatic rings. The SMILES string of the molecule is NS(=O)(=O)c1ccc(-n2cc(C(F)(F)F)nc2-c2ccc3ccccc3n2)cc1. The molecule has 0 saturated heterocycles. The number of para-hydroxylation sites is 1. The van der Waals surface area contributed by atoms with Crippen LogP contribution in [0.3, 0.4) is 0 Å². The van der Waals surface area contributed by atoms with E-state index in [1.807, 2.05) is 12.1 Å². The molecule has 0 fully saturated rings. The van der Waals surface area contributed by atoms with Gasteiger partial charge in [-0.25, -0.2) is 23.5 Å². The number of alkyl halides is 3. The van der Waals surface area contributed by atoms with Crippen molar-refractivity contribution in [3.8, 4) is 17.2 Å². The standard InChI is InChI=1S/C19H13F3N4O2S/c20-19(21,22)17-11-26(13-6-8-14(9-7-13)29(23,27)28)18(25-17)16-10-5-12-3-1-2-4-15(12)24-16/h1-11H,(H2,23,27,28). The minimum Gasteiger partial charge on any atom is -0.298 e. The van der Waals surface area contributed by atoms with Gasteiger partial charge in [-0.05, 0) is 36.4 Å². The summed E-state index contributed by atoms with van der Waals surface area (Å²) in [5.41, 5.74) is 0.0516. The Morgan fingerprint density at radius 1 is 0.897 bits per heavy atom. The lowest BCUT2D eigenvalue weighted by atomic mass is 10.2. The Morgan fingerprint density at radius 3 is 2.24 bits per heavy atom. The molecule has 10 heteroatoms. The number of aromatic nitrogens is 3. The van der Waals surface area contributed by atoms with Crippen LogP contribution in [0.15, 0.2) is 71.8 Å². The summed E-state index contributed by atoms with van der Waals surface area (Å²) in [6.07, 6.45) is -3.81. The molecule has 0 unspecified atom stereocenters. The molecule has 2 aromatic carbocycles. The highest BCUT2D eigenvalue weighted by atomic mass is 32.2. The lowest BCUT2D eigenvalue weighted by molar-refractivity contribution is -0.140. The molecule has 148 valence electrons. The van der Waals surface area contributed by atoms with Crippen molar-refractivity contribution in [2.24, 2.45) is 5.14 Å². The third-order valence-electron chi connectivity index (χ3n) is 4.27. The van der Waals surface area contributed by atoms with Gasteiger partial charge in [0.25, 0.3) is 0 Å². The molecule has 0 atom stereocenters. The second-order valence-corrected chi connectivity index (χ2v) is 7.81. The smallest absolute Gasteiger partial charge is 0.298 e. The van der Waals surface area contributed by atoms with E-state index >= 15 is 0 Å². The van der Waals surface area contributed by atoms with Crippen molar-refractivity contribution in [1.82, 2.24) is 14.5 Å². The highest BCUT2D eigenvalue weighted by molar-refractivity contribution is 7.89. The van der Waals surface area contributed by atoms with Crippen molar-refractivity contribution in [2.75, 3.05) is 0 Å². The molecule has 0 spiro atoms. The zero-order valence-corrected chi connectivity index (χ0v) is 15.4. The van der Waals surface area contributed by atoms with Crippen molar-refractivity contribution < 1.29 is 21.6 Å². The van der Waals surface area contributed by atoms with Crippen LogP contribution in [0, 0.1) is 0 Å². The van der Waals surface area contributed by atoms with Gasteiger partial charge in [0.15, 0.2) is 11.5 Å². The van der Waals surface area contributed by atoms with Crippen LogP contribution in [0.2, 0.25) is 0 Å². The summed E-state index contributed by atoms with van der Waals surface area (Å²) >= 11 is 0. The van der Waals surface area contributed by atoms with E-state index in [-0.39, 0.29) is 22.1 Å².